The molecule has 4 nitrogen and oxygen atoms in total. The standard InChI is InChI=1S/C14H13BrN2O2/c15-10-5-6-12(16)11(7-10)14(19)17-8-9-3-1-2-4-13(9)18/h1-7,18H,8,16H2,(H,17,19). The lowest BCUT2D eigenvalue weighted by molar-refractivity contribution is 0.0951. The highest BCUT2D eigenvalue weighted by atomic mass is 79.9. The van der Waals surface area contributed by atoms with Crippen LogP contribution in [0, 0.1) is 0 Å². The molecule has 0 fully saturated rings. The number of amides is 1. The molecule has 0 aliphatic rings. The molecule has 5 heteroatoms. The predicted molar refractivity (Wildman–Crippen MR) is 77.8 cm³/mol. The summed E-state index contributed by atoms with van der Waals surface area (Å²) in [5.74, 6) is -0.118. The summed E-state index contributed by atoms with van der Waals surface area (Å²) >= 11 is 3.30. The first kappa shape index (κ1) is 13.4. The molecular formula is C14H13BrN2O2. The van der Waals surface area contributed by atoms with Crippen LogP contribution in [0.3, 0.4) is 0 Å². The Labute approximate surface area is 119 Å². The van der Waals surface area contributed by atoms with E-state index in [1.165, 1.54) is 0 Å². The second-order valence-corrected chi connectivity index (χ2v) is 4.96. The van der Waals surface area contributed by atoms with Crippen LogP contribution in [-0.2, 0) is 6.54 Å². The first-order valence-electron chi connectivity index (χ1n) is 5.68. The fourth-order valence-electron chi connectivity index (χ4n) is 1.66. The minimum Gasteiger partial charge on any atom is -0.508 e. The van der Waals surface area contributed by atoms with Crippen molar-refractivity contribution in [3.8, 4) is 5.75 Å². The summed E-state index contributed by atoms with van der Waals surface area (Å²) in [6, 6.07) is 12.0. The molecule has 1 amide bonds. The van der Waals surface area contributed by atoms with Gasteiger partial charge >= 0.3 is 0 Å². The first-order valence-corrected chi connectivity index (χ1v) is 6.47. The van der Waals surface area contributed by atoms with E-state index in [-0.39, 0.29) is 18.2 Å². The van der Waals surface area contributed by atoms with E-state index in [2.05, 4.69) is 21.2 Å². The third kappa shape index (κ3) is 3.26. The van der Waals surface area contributed by atoms with Crippen LogP contribution < -0.4 is 11.1 Å². The number of benzene rings is 2. The second kappa shape index (κ2) is 5.75. The summed E-state index contributed by atoms with van der Waals surface area (Å²) in [4.78, 5) is 12.0. The van der Waals surface area contributed by atoms with E-state index >= 15 is 0 Å². The van der Waals surface area contributed by atoms with E-state index in [1.807, 2.05) is 0 Å². The van der Waals surface area contributed by atoms with Crippen LogP contribution in [0.2, 0.25) is 0 Å². The normalized spacial score (nSPS) is 10.2. The largest absolute Gasteiger partial charge is 0.508 e. The van der Waals surface area contributed by atoms with Gasteiger partial charge in [0.2, 0.25) is 0 Å². The number of hydrogen-bond acceptors (Lipinski definition) is 3. The van der Waals surface area contributed by atoms with Gasteiger partial charge in [0.1, 0.15) is 5.75 Å². The van der Waals surface area contributed by atoms with Gasteiger partial charge in [0.05, 0.1) is 5.56 Å². The SMILES string of the molecule is Nc1ccc(Br)cc1C(=O)NCc1ccccc1O. The topological polar surface area (TPSA) is 75.4 Å². The number of nitrogen functional groups attached to an aromatic ring is 1. The zero-order valence-electron chi connectivity index (χ0n) is 10.1. The van der Waals surface area contributed by atoms with Gasteiger partial charge in [-0.3, -0.25) is 4.79 Å². The maximum Gasteiger partial charge on any atom is 0.253 e. The van der Waals surface area contributed by atoms with Gasteiger partial charge in [-0.1, -0.05) is 34.1 Å². The lowest BCUT2D eigenvalue weighted by atomic mass is 10.1. The third-order valence-electron chi connectivity index (χ3n) is 2.69. The van der Waals surface area contributed by atoms with Crippen LogP contribution in [-0.4, -0.2) is 11.0 Å². The monoisotopic (exact) mass is 320 g/mol. The molecule has 0 aliphatic carbocycles. The molecule has 0 radical (unpaired) electrons. The summed E-state index contributed by atoms with van der Waals surface area (Å²) in [5.41, 5.74) is 7.24. The first-order chi connectivity index (χ1) is 9.08. The Bertz CT molecular complexity index is 614. The van der Waals surface area contributed by atoms with Crippen molar-refractivity contribution in [3.05, 3.63) is 58.1 Å². The predicted octanol–water partition coefficient (Wildman–Crippen LogP) is 2.67. The quantitative estimate of drug-likeness (QED) is 0.761. The Balaban J connectivity index is 2.10. The molecule has 2 rings (SSSR count). The average Bonchev–Trinajstić information content (AvgIpc) is 2.40. The Morgan fingerprint density at radius 3 is 2.74 bits per heavy atom. The number of carbonyl (C=O) groups is 1. The number of phenolic OH excluding ortho intramolecular Hbond substituents is 1. The molecule has 0 aliphatic heterocycles. The molecule has 0 saturated heterocycles. The van der Waals surface area contributed by atoms with Crippen LogP contribution in [0.1, 0.15) is 15.9 Å². The number of rotatable bonds is 3. The fourth-order valence-corrected chi connectivity index (χ4v) is 2.02. The van der Waals surface area contributed by atoms with Crippen molar-refractivity contribution in [3.63, 3.8) is 0 Å². The van der Waals surface area contributed by atoms with Gasteiger partial charge in [0.15, 0.2) is 0 Å². The Morgan fingerprint density at radius 2 is 2.00 bits per heavy atom. The van der Waals surface area contributed by atoms with Crippen molar-refractivity contribution >= 4 is 27.5 Å². The fraction of sp³-hybridized carbons (Fsp3) is 0.0714. The molecule has 98 valence electrons. The maximum atomic E-state index is 12.0. The summed E-state index contributed by atoms with van der Waals surface area (Å²) < 4.78 is 0.786. The average molecular weight is 321 g/mol. The number of phenols is 1. The number of para-hydroxylation sites is 1. The Morgan fingerprint density at radius 1 is 1.26 bits per heavy atom. The number of anilines is 1. The minimum atomic E-state index is -0.276. The van der Waals surface area contributed by atoms with Gasteiger partial charge in [-0.2, -0.15) is 0 Å². The number of hydrogen-bond donors (Lipinski definition) is 3. The van der Waals surface area contributed by atoms with E-state index in [1.54, 1.807) is 42.5 Å². The van der Waals surface area contributed by atoms with Gasteiger partial charge in [0, 0.05) is 22.3 Å². The molecule has 2 aromatic rings. The summed E-state index contributed by atoms with van der Waals surface area (Å²) in [5, 5.41) is 12.3. The highest BCUT2D eigenvalue weighted by molar-refractivity contribution is 9.10. The van der Waals surface area contributed by atoms with E-state index in [0.29, 0.717) is 16.8 Å². The van der Waals surface area contributed by atoms with E-state index < -0.39 is 0 Å². The zero-order valence-corrected chi connectivity index (χ0v) is 11.6. The van der Waals surface area contributed by atoms with Crippen LogP contribution in [0.5, 0.6) is 5.75 Å². The van der Waals surface area contributed by atoms with E-state index in [0.717, 1.165) is 4.47 Å². The molecule has 0 unspecified atom stereocenters. The molecule has 0 heterocycles. The smallest absolute Gasteiger partial charge is 0.253 e. The Kier molecular flexibility index (Phi) is 4.06. The lowest BCUT2D eigenvalue weighted by Crippen LogP contribution is -2.23. The second-order valence-electron chi connectivity index (χ2n) is 4.04. The summed E-state index contributed by atoms with van der Waals surface area (Å²) in [6.45, 7) is 0.247. The van der Waals surface area contributed by atoms with Crippen molar-refractivity contribution in [2.45, 2.75) is 6.54 Å². The number of nitrogens with two attached hydrogens (primary N) is 1. The van der Waals surface area contributed by atoms with Crippen LogP contribution in [0.25, 0.3) is 0 Å². The molecular weight excluding hydrogens is 308 g/mol. The molecule has 19 heavy (non-hydrogen) atoms. The van der Waals surface area contributed by atoms with Gasteiger partial charge in [0.25, 0.3) is 5.91 Å². The van der Waals surface area contributed by atoms with E-state index in [4.69, 9.17) is 5.73 Å². The number of aromatic hydroxyl groups is 1. The van der Waals surface area contributed by atoms with Crippen molar-refractivity contribution in [1.82, 2.24) is 5.32 Å². The zero-order chi connectivity index (χ0) is 13.8. The highest BCUT2D eigenvalue weighted by Crippen LogP contribution is 2.19. The molecule has 2 aromatic carbocycles. The number of nitrogens with one attached hydrogen (secondary N) is 1. The van der Waals surface area contributed by atoms with Crippen molar-refractivity contribution < 1.29 is 9.90 Å². The summed E-state index contributed by atoms with van der Waals surface area (Å²) in [7, 11) is 0. The lowest BCUT2D eigenvalue weighted by Gasteiger charge is -2.09. The third-order valence-corrected chi connectivity index (χ3v) is 3.18. The number of halogens is 1. The molecule has 0 bridgehead atoms. The molecule has 0 atom stereocenters. The molecule has 4 N–H and O–H groups in total. The van der Waals surface area contributed by atoms with Crippen molar-refractivity contribution in [2.75, 3.05) is 5.73 Å². The molecule has 0 aromatic heterocycles. The van der Waals surface area contributed by atoms with Crippen LogP contribution in [0.15, 0.2) is 46.9 Å². The minimum absolute atomic E-state index is 0.157. The van der Waals surface area contributed by atoms with Gasteiger partial charge in [-0.05, 0) is 24.3 Å². The van der Waals surface area contributed by atoms with E-state index in [9.17, 15) is 9.90 Å². The molecule has 0 saturated carbocycles. The molecule has 0 spiro atoms. The van der Waals surface area contributed by atoms with Crippen molar-refractivity contribution in [2.24, 2.45) is 0 Å². The summed E-state index contributed by atoms with van der Waals surface area (Å²) in [6.07, 6.45) is 0. The van der Waals surface area contributed by atoms with Crippen molar-refractivity contribution in [1.29, 1.82) is 0 Å². The van der Waals surface area contributed by atoms with Gasteiger partial charge < -0.3 is 16.2 Å². The van der Waals surface area contributed by atoms with Crippen LogP contribution in [0.4, 0.5) is 5.69 Å². The Hall–Kier alpha value is -2.01. The maximum absolute atomic E-state index is 12.0. The highest BCUT2D eigenvalue weighted by Gasteiger charge is 2.10. The van der Waals surface area contributed by atoms with Crippen LogP contribution >= 0.6 is 15.9 Å². The number of carbonyl (C=O) groups excluding carboxylic acids is 1. The van der Waals surface area contributed by atoms with Gasteiger partial charge in [-0.25, -0.2) is 0 Å². The van der Waals surface area contributed by atoms with Gasteiger partial charge in [-0.15, -0.1) is 0 Å².